The van der Waals surface area contributed by atoms with E-state index in [-0.39, 0.29) is 30.2 Å². The van der Waals surface area contributed by atoms with Crippen LogP contribution in [0.15, 0.2) is 36.9 Å². The Morgan fingerprint density at radius 2 is 2.03 bits per heavy atom. The highest BCUT2D eigenvalue weighted by atomic mass is 16.2. The second-order valence-corrected chi connectivity index (χ2v) is 8.19. The lowest BCUT2D eigenvalue weighted by atomic mass is 9.95. The number of nitrogens with zero attached hydrogens (tertiary/aromatic N) is 4. The van der Waals surface area contributed by atoms with Crippen molar-refractivity contribution in [2.24, 2.45) is 0 Å². The number of amides is 3. The number of nitrogens with one attached hydrogen (secondary N) is 3. The molecule has 3 N–H and O–H groups in total. The van der Waals surface area contributed by atoms with Crippen molar-refractivity contribution >= 4 is 23.4 Å². The van der Waals surface area contributed by atoms with Gasteiger partial charge in [-0.25, -0.2) is 9.67 Å². The van der Waals surface area contributed by atoms with Crippen molar-refractivity contribution in [3.63, 3.8) is 0 Å². The lowest BCUT2D eigenvalue weighted by Gasteiger charge is -2.40. The Balaban J connectivity index is 1.40. The van der Waals surface area contributed by atoms with E-state index in [2.05, 4.69) is 26.0 Å². The highest BCUT2D eigenvalue weighted by Gasteiger charge is 2.41. The Kier molecular flexibility index (Phi) is 5.62. The average Bonchev–Trinajstić information content (AvgIpc) is 3.26. The number of anilines is 1. The molecule has 1 saturated heterocycles. The summed E-state index contributed by atoms with van der Waals surface area (Å²) in [6.07, 6.45) is 4.25. The summed E-state index contributed by atoms with van der Waals surface area (Å²) in [7, 11) is 0. The van der Waals surface area contributed by atoms with Gasteiger partial charge < -0.3 is 20.9 Å². The third kappa shape index (κ3) is 4.23. The van der Waals surface area contributed by atoms with Crippen LogP contribution in [-0.2, 0) is 9.59 Å². The minimum Gasteiger partial charge on any atom is -0.362 e. The maximum absolute atomic E-state index is 12.8. The number of fused-ring (bicyclic) bond motifs is 1. The molecule has 10 heteroatoms. The molecular formula is C21H27N7O3. The van der Waals surface area contributed by atoms with E-state index in [1.165, 1.54) is 6.33 Å². The molecule has 1 aromatic heterocycles. The molecule has 0 aliphatic carbocycles. The van der Waals surface area contributed by atoms with Crippen LogP contribution in [0.25, 0.3) is 0 Å². The first kappa shape index (κ1) is 20.8. The lowest BCUT2D eigenvalue weighted by Crippen LogP contribution is -2.58. The number of carbonyl (C=O) groups excluding carboxylic acids is 3. The smallest absolute Gasteiger partial charge is 0.255 e. The predicted molar refractivity (Wildman–Crippen MR) is 113 cm³/mol. The molecule has 0 bridgehead atoms. The molecule has 0 unspecified atom stereocenters. The van der Waals surface area contributed by atoms with Crippen molar-refractivity contribution in [3.8, 4) is 0 Å². The number of likely N-dealkylation sites (tertiary alicyclic amines) is 1. The Morgan fingerprint density at radius 3 is 2.81 bits per heavy atom. The zero-order valence-electron chi connectivity index (χ0n) is 17.7. The average molecular weight is 425 g/mol. The number of carbonyl (C=O) groups is 3. The van der Waals surface area contributed by atoms with Gasteiger partial charge >= 0.3 is 0 Å². The monoisotopic (exact) mass is 425 g/mol. The van der Waals surface area contributed by atoms with Gasteiger partial charge in [0.1, 0.15) is 24.4 Å². The summed E-state index contributed by atoms with van der Waals surface area (Å²) in [6.45, 7) is 4.40. The molecule has 1 aromatic carbocycles. The number of benzene rings is 1. The first-order valence-corrected chi connectivity index (χ1v) is 10.5. The van der Waals surface area contributed by atoms with Crippen molar-refractivity contribution in [2.75, 3.05) is 18.4 Å². The van der Waals surface area contributed by atoms with Gasteiger partial charge in [0.15, 0.2) is 0 Å². The van der Waals surface area contributed by atoms with Gasteiger partial charge in [0.25, 0.3) is 5.91 Å². The minimum absolute atomic E-state index is 0.0523. The van der Waals surface area contributed by atoms with E-state index >= 15 is 0 Å². The summed E-state index contributed by atoms with van der Waals surface area (Å²) in [4.78, 5) is 43.6. The molecule has 3 amide bonds. The SMILES string of the molecule is C[C@H](C(=O)NC[C@@H](C)n1cncn1)N1CC[C@]2(CCC1=O)NC(=O)c1ccccc1N2. The van der Waals surface area contributed by atoms with Gasteiger partial charge in [0.05, 0.1) is 11.6 Å². The Labute approximate surface area is 180 Å². The molecule has 2 aliphatic rings. The third-order valence-electron chi connectivity index (χ3n) is 6.07. The van der Waals surface area contributed by atoms with E-state index in [0.717, 1.165) is 5.69 Å². The molecule has 0 saturated carbocycles. The fourth-order valence-electron chi connectivity index (χ4n) is 4.12. The molecule has 0 radical (unpaired) electrons. The van der Waals surface area contributed by atoms with Crippen molar-refractivity contribution in [3.05, 3.63) is 42.5 Å². The Morgan fingerprint density at radius 1 is 1.23 bits per heavy atom. The van der Waals surface area contributed by atoms with E-state index in [1.807, 2.05) is 25.1 Å². The van der Waals surface area contributed by atoms with Gasteiger partial charge in [-0.15, -0.1) is 0 Å². The fraction of sp³-hybridized carbons (Fsp3) is 0.476. The molecule has 10 nitrogen and oxygen atoms in total. The van der Waals surface area contributed by atoms with Crippen LogP contribution in [0.4, 0.5) is 5.69 Å². The number of rotatable bonds is 5. The summed E-state index contributed by atoms with van der Waals surface area (Å²) in [5, 5.41) is 13.4. The van der Waals surface area contributed by atoms with Crippen LogP contribution in [0.3, 0.4) is 0 Å². The molecule has 31 heavy (non-hydrogen) atoms. The van der Waals surface area contributed by atoms with Crippen LogP contribution >= 0.6 is 0 Å². The highest BCUT2D eigenvalue weighted by molar-refractivity contribution is 6.02. The van der Waals surface area contributed by atoms with Gasteiger partial charge in [-0.05, 0) is 32.4 Å². The lowest BCUT2D eigenvalue weighted by molar-refractivity contribution is -0.139. The van der Waals surface area contributed by atoms with Gasteiger partial charge in [0, 0.05) is 31.6 Å². The summed E-state index contributed by atoms with van der Waals surface area (Å²) in [5.41, 5.74) is 0.656. The van der Waals surface area contributed by atoms with E-state index in [4.69, 9.17) is 0 Å². The van der Waals surface area contributed by atoms with Gasteiger partial charge in [-0.1, -0.05) is 12.1 Å². The fourth-order valence-corrected chi connectivity index (χ4v) is 4.12. The van der Waals surface area contributed by atoms with Gasteiger partial charge in [0.2, 0.25) is 11.8 Å². The van der Waals surface area contributed by atoms with Crippen molar-refractivity contribution < 1.29 is 14.4 Å². The Hall–Kier alpha value is -3.43. The quantitative estimate of drug-likeness (QED) is 0.655. The highest BCUT2D eigenvalue weighted by Crippen LogP contribution is 2.32. The molecule has 2 aliphatic heterocycles. The number of hydrogen-bond donors (Lipinski definition) is 3. The summed E-state index contributed by atoms with van der Waals surface area (Å²) < 4.78 is 1.67. The summed E-state index contributed by atoms with van der Waals surface area (Å²) in [5.74, 6) is -0.468. The molecular weight excluding hydrogens is 398 g/mol. The zero-order chi connectivity index (χ0) is 22.0. The first-order valence-electron chi connectivity index (χ1n) is 10.5. The number of aromatic nitrogens is 3. The maximum atomic E-state index is 12.8. The molecule has 3 atom stereocenters. The molecule has 164 valence electrons. The Bertz CT molecular complexity index is 977. The zero-order valence-corrected chi connectivity index (χ0v) is 17.7. The van der Waals surface area contributed by atoms with Crippen LogP contribution in [0.1, 0.15) is 49.5 Å². The van der Waals surface area contributed by atoms with E-state index in [1.54, 1.807) is 28.9 Å². The van der Waals surface area contributed by atoms with Gasteiger partial charge in [-0.2, -0.15) is 5.10 Å². The molecule has 1 fully saturated rings. The van der Waals surface area contributed by atoms with E-state index in [9.17, 15) is 14.4 Å². The second kappa shape index (κ2) is 8.37. The van der Waals surface area contributed by atoms with Crippen molar-refractivity contribution in [1.29, 1.82) is 0 Å². The minimum atomic E-state index is -0.701. The van der Waals surface area contributed by atoms with Crippen molar-refractivity contribution in [1.82, 2.24) is 30.3 Å². The van der Waals surface area contributed by atoms with Crippen LogP contribution in [-0.4, -0.2) is 62.2 Å². The normalized spacial score (nSPS) is 22.7. The topological polar surface area (TPSA) is 121 Å². The van der Waals surface area contributed by atoms with E-state index < -0.39 is 11.7 Å². The van der Waals surface area contributed by atoms with Crippen LogP contribution in [0.2, 0.25) is 0 Å². The van der Waals surface area contributed by atoms with Crippen molar-refractivity contribution in [2.45, 2.75) is 50.9 Å². The van der Waals surface area contributed by atoms with Crippen LogP contribution in [0, 0.1) is 0 Å². The van der Waals surface area contributed by atoms with Gasteiger partial charge in [-0.3, -0.25) is 14.4 Å². The molecule has 1 spiro atoms. The van der Waals surface area contributed by atoms with Crippen LogP contribution < -0.4 is 16.0 Å². The molecule has 2 aromatic rings. The summed E-state index contributed by atoms with van der Waals surface area (Å²) in [6, 6.07) is 6.66. The maximum Gasteiger partial charge on any atom is 0.255 e. The third-order valence-corrected chi connectivity index (χ3v) is 6.07. The molecule has 3 heterocycles. The largest absolute Gasteiger partial charge is 0.362 e. The number of hydrogen-bond acceptors (Lipinski definition) is 6. The summed E-state index contributed by atoms with van der Waals surface area (Å²) >= 11 is 0. The first-order chi connectivity index (χ1) is 14.9. The number of para-hydroxylation sites is 1. The van der Waals surface area contributed by atoms with Crippen LogP contribution in [0.5, 0.6) is 0 Å². The second-order valence-electron chi connectivity index (χ2n) is 8.19. The standard InChI is InChI=1S/C21H27N7O3/c1-14(28-13-22-12-24-28)11-23-19(30)15(2)27-10-9-21(8-7-18(27)29)25-17-6-4-3-5-16(17)20(31)26-21/h3-6,12-15,25H,7-11H2,1-2H3,(H,23,30)(H,26,31)/t14-,15-,21+/m1/s1. The molecule has 4 rings (SSSR count). The predicted octanol–water partition coefficient (Wildman–Crippen LogP) is 0.908. The van der Waals surface area contributed by atoms with E-state index in [0.29, 0.717) is 31.5 Å².